The fraction of sp³-hybridized carbons (Fsp3) is 0.653. The van der Waals surface area contributed by atoms with E-state index in [1.165, 1.54) is 0 Å². The van der Waals surface area contributed by atoms with Gasteiger partial charge in [-0.2, -0.15) is 15.0 Å². The van der Waals surface area contributed by atoms with Crippen molar-refractivity contribution in [2.24, 2.45) is 29.0 Å². The van der Waals surface area contributed by atoms with Crippen LogP contribution in [-0.2, 0) is 30.2 Å². The molecule has 0 radical (unpaired) electrons. The minimum Gasteiger partial charge on any atom is -1.00 e. The van der Waals surface area contributed by atoms with Gasteiger partial charge in [0.2, 0.25) is 29.7 Å². The molecule has 6 rings (SSSR count). The second kappa shape index (κ2) is 29.8. The molecule has 1 aromatic carbocycles. The van der Waals surface area contributed by atoms with E-state index in [2.05, 4.69) is 62.4 Å². The quantitative estimate of drug-likeness (QED) is 0.0326. The second-order valence-corrected chi connectivity index (χ2v) is 18.6. The number of unbranched alkanes of at least 4 members (excludes halogenated alkanes) is 1. The van der Waals surface area contributed by atoms with Crippen LogP contribution in [0.15, 0.2) is 36.7 Å². The Bertz CT molecular complexity index is 2300. The number of anilines is 3. The molecule has 3 aromatic heterocycles. The van der Waals surface area contributed by atoms with Gasteiger partial charge in [0, 0.05) is 58.9 Å². The first-order valence-electron chi connectivity index (χ1n) is 25.5. The van der Waals surface area contributed by atoms with E-state index in [1.54, 1.807) is 27.7 Å². The van der Waals surface area contributed by atoms with Crippen LogP contribution in [0.5, 0.6) is 5.75 Å². The van der Waals surface area contributed by atoms with Crippen LogP contribution in [0, 0.1) is 24.2 Å². The number of carbonyl (C=O) groups is 2. The molecule has 8 N–H and O–H groups in total. The summed E-state index contributed by atoms with van der Waals surface area (Å²) in [5, 5.41) is 30.6. The molecule has 23 nitrogen and oxygen atoms in total. The zero-order chi connectivity index (χ0) is 51.4. The van der Waals surface area contributed by atoms with Crippen LogP contribution in [0.4, 0.5) is 17.8 Å². The Morgan fingerprint density at radius 2 is 1.32 bits per heavy atom. The summed E-state index contributed by atoms with van der Waals surface area (Å²) in [5.74, 6) is 4.09. The maximum atomic E-state index is 14.4. The van der Waals surface area contributed by atoms with Crippen molar-refractivity contribution in [3.63, 3.8) is 0 Å². The first kappa shape index (κ1) is 58.2. The molecule has 4 aromatic rings. The fourth-order valence-electron chi connectivity index (χ4n) is 8.59. The Kier molecular flexibility index (Phi) is 23.8. The maximum absolute atomic E-state index is 14.4. The van der Waals surface area contributed by atoms with Gasteiger partial charge in [-0.1, -0.05) is 69.0 Å². The molecule has 2 fully saturated rings. The van der Waals surface area contributed by atoms with Crippen LogP contribution in [-0.4, -0.2) is 177 Å². The Labute approximate surface area is 435 Å². The Hall–Kier alpha value is -5.74. The number of nitrogens with one attached hydrogen (secondary N) is 1. The van der Waals surface area contributed by atoms with Gasteiger partial charge in [0.05, 0.1) is 68.9 Å². The average Bonchev–Trinajstić information content (AvgIpc) is 4.11. The predicted molar refractivity (Wildman–Crippen MR) is 273 cm³/mol. The molecule has 402 valence electrons. The Balaban J connectivity index is 0.00000988. The highest BCUT2D eigenvalue weighted by molar-refractivity contribution is 5.81. The number of benzene rings is 1. The number of amides is 2. The van der Waals surface area contributed by atoms with E-state index in [0.29, 0.717) is 141 Å². The number of hydrogen-bond acceptors (Lipinski definition) is 19. The van der Waals surface area contributed by atoms with Gasteiger partial charge in [0.15, 0.2) is 0 Å². The molecule has 2 amide bonds. The summed E-state index contributed by atoms with van der Waals surface area (Å²) in [5.41, 5.74) is 21.1. The van der Waals surface area contributed by atoms with Gasteiger partial charge in [-0.15, -0.1) is 16.6 Å². The number of phenols is 1. The van der Waals surface area contributed by atoms with Gasteiger partial charge < -0.3 is 73.8 Å². The van der Waals surface area contributed by atoms with E-state index < -0.39 is 18.1 Å². The summed E-state index contributed by atoms with van der Waals surface area (Å²) in [6.07, 6.45) is 13.1. The van der Waals surface area contributed by atoms with Crippen molar-refractivity contribution in [2.75, 3.05) is 120 Å². The molecule has 6 atom stereocenters. The zero-order valence-electron chi connectivity index (χ0n) is 43.0. The van der Waals surface area contributed by atoms with Crippen LogP contribution < -0.4 is 44.7 Å². The van der Waals surface area contributed by atoms with Gasteiger partial charge in [0.25, 0.3) is 0 Å². The number of terminal acetylenes is 1. The van der Waals surface area contributed by atoms with Crippen LogP contribution in [0.25, 0.3) is 0 Å². The number of piperazine rings is 2. The standard InChI is InChI=1S/C49H77N17O6.ClH/c1-6-26-70-28-30-72-31-29-71-27-17-53-47-54-48(63-22-18-61(19-23-63)45(68)42(11-9-10-16-50)65-34-41(58-59-65)43(52)35(4)7-2)56-49(55-47)64-24-20-62(21-25-64)46(69)44(36(5)8-3)66-33-40(57-60-66)39(51)32-37-12-14-38(67)15-13-37;/h1,12-15,33-36,39,42-44,67H,7-11,16-32,50-52H2,2-5H3,(H,53,54,55,56);1H/p-1/t35?,36-,39-,42-,43-,44-;/m0./s1. The van der Waals surface area contributed by atoms with Crippen molar-refractivity contribution in [3.8, 4) is 18.1 Å². The monoisotopic (exact) mass is 1030 g/mol. The molecular formula is C49H77ClN17O6-. The summed E-state index contributed by atoms with van der Waals surface area (Å²) in [6.45, 7) is 15.3. The molecule has 2 aliphatic rings. The van der Waals surface area contributed by atoms with E-state index in [1.807, 2.05) is 35.1 Å². The number of rotatable bonds is 29. The number of ether oxygens (including phenoxy) is 3. The Morgan fingerprint density at radius 3 is 1.92 bits per heavy atom. The maximum Gasteiger partial charge on any atom is 0.247 e. The van der Waals surface area contributed by atoms with Crippen LogP contribution in [0.2, 0.25) is 0 Å². The number of nitrogens with two attached hydrogens (primary N) is 3. The summed E-state index contributed by atoms with van der Waals surface area (Å²) >= 11 is 0. The van der Waals surface area contributed by atoms with E-state index in [9.17, 15) is 14.7 Å². The normalized spacial score (nSPS) is 16.5. The predicted octanol–water partition coefficient (Wildman–Crippen LogP) is -0.898. The second-order valence-electron chi connectivity index (χ2n) is 18.6. The van der Waals surface area contributed by atoms with Gasteiger partial charge in [-0.25, -0.2) is 9.36 Å². The van der Waals surface area contributed by atoms with Gasteiger partial charge in [-0.3, -0.25) is 9.59 Å². The van der Waals surface area contributed by atoms with Gasteiger partial charge in [-0.05, 0) is 61.8 Å². The van der Waals surface area contributed by atoms with Crippen molar-refractivity contribution in [2.45, 2.75) is 90.4 Å². The molecule has 0 aliphatic carbocycles. The van der Waals surface area contributed by atoms with E-state index >= 15 is 0 Å². The lowest BCUT2D eigenvalue weighted by atomic mass is 9.97. The third-order valence-corrected chi connectivity index (χ3v) is 13.5. The summed E-state index contributed by atoms with van der Waals surface area (Å²) in [4.78, 5) is 51.3. The lowest BCUT2D eigenvalue weighted by Gasteiger charge is -2.38. The molecule has 0 bridgehead atoms. The first-order valence-corrected chi connectivity index (χ1v) is 25.5. The molecule has 24 heteroatoms. The molecule has 0 spiro atoms. The minimum atomic E-state index is -0.571. The molecule has 2 saturated heterocycles. The third kappa shape index (κ3) is 16.6. The zero-order valence-corrected chi connectivity index (χ0v) is 43.7. The van der Waals surface area contributed by atoms with Crippen LogP contribution in [0.3, 0.4) is 0 Å². The van der Waals surface area contributed by atoms with Crippen molar-refractivity contribution < 1.29 is 41.3 Å². The lowest BCUT2D eigenvalue weighted by molar-refractivity contribution is -0.137. The number of nitrogens with zero attached hydrogens (tertiary/aromatic N) is 13. The number of halogens is 1. The molecule has 1 unspecified atom stereocenters. The Morgan fingerprint density at radius 1 is 0.753 bits per heavy atom. The number of aromatic hydroxyl groups is 1. The van der Waals surface area contributed by atoms with Gasteiger partial charge >= 0.3 is 0 Å². The van der Waals surface area contributed by atoms with Crippen molar-refractivity contribution >= 4 is 29.7 Å². The van der Waals surface area contributed by atoms with E-state index in [4.69, 9.17) is 52.8 Å². The number of phenolic OH excluding ortho intramolecular Hbond substituents is 1. The van der Waals surface area contributed by atoms with E-state index in [-0.39, 0.29) is 54.5 Å². The van der Waals surface area contributed by atoms with Crippen molar-refractivity contribution in [3.05, 3.63) is 53.6 Å². The van der Waals surface area contributed by atoms with Gasteiger partial charge in [0.1, 0.15) is 24.4 Å². The largest absolute Gasteiger partial charge is 1.00 e. The number of carbonyl (C=O) groups excluding carboxylic acids is 2. The number of hydrogen-bond donors (Lipinski definition) is 5. The third-order valence-electron chi connectivity index (χ3n) is 13.5. The minimum absolute atomic E-state index is 0. The highest BCUT2D eigenvalue weighted by Gasteiger charge is 2.35. The summed E-state index contributed by atoms with van der Waals surface area (Å²) in [6, 6.07) is 5.09. The average molecular weight is 1040 g/mol. The summed E-state index contributed by atoms with van der Waals surface area (Å²) < 4.78 is 19.9. The smallest absolute Gasteiger partial charge is 0.247 e. The number of aromatic nitrogens is 9. The van der Waals surface area contributed by atoms with Crippen molar-refractivity contribution in [1.82, 2.24) is 54.7 Å². The summed E-state index contributed by atoms with van der Waals surface area (Å²) in [7, 11) is 0. The highest BCUT2D eigenvalue weighted by Crippen LogP contribution is 2.28. The fourth-order valence-corrected chi connectivity index (χ4v) is 8.59. The molecule has 2 aliphatic heterocycles. The molecule has 73 heavy (non-hydrogen) atoms. The first-order chi connectivity index (χ1) is 34.9. The lowest BCUT2D eigenvalue weighted by Crippen LogP contribution is -3.00. The van der Waals surface area contributed by atoms with Crippen molar-refractivity contribution in [1.29, 1.82) is 0 Å². The molecule has 0 saturated carbocycles. The SMILES string of the molecule is C#CCOCCOCCOCCNc1nc(N2CCN(C(=O)[C@H]([C@@H](C)CC)n3cc([C@@H](N)Cc4ccc(O)cc4)nn3)CC2)nc(N2CCN(C(=O)[C@H](CCCCN)n3cc([C@@H](N)C(C)CC)nn3)CC2)n1.[Cl-]. The molecular weight excluding hydrogens is 958 g/mol. The van der Waals surface area contributed by atoms with E-state index in [0.717, 1.165) is 31.2 Å². The molecule has 5 heterocycles. The topological polar surface area (TPSA) is 285 Å². The highest BCUT2D eigenvalue weighted by atomic mass is 35.5. The van der Waals surface area contributed by atoms with Crippen LogP contribution in [0.1, 0.15) is 101 Å². The van der Waals surface area contributed by atoms with Crippen LogP contribution >= 0.6 is 0 Å².